The van der Waals surface area contributed by atoms with E-state index in [4.69, 9.17) is 0 Å². The van der Waals surface area contributed by atoms with Crippen LogP contribution < -0.4 is 25.5 Å². The molecule has 480 valence electrons. The van der Waals surface area contributed by atoms with E-state index in [1.165, 1.54) is 153 Å². The summed E-state index contributed by atoms with van der Waals surface area (Å²) in [5, 5.41) is 0. The van der Waals surface area contributed by atoms with Crippen LogP contribution in [0.25, 0.3) is 33.4 Å². The zero-order chi connectivity index (χ0) is 66.7. The smallest absolute Gasteiger partial charge is 0.333 e. The predicted molar refractivity (Wildman–Crippen MR) is 406 cm³/mol. The van der Waals surface area contributed by atoms with E-state index in [1.54, 1.807) is 0 Å². The molecule has 6 aliphatic rings. The molecule has 0 saturated carbocycles. The Balaban J connectivity index is 1.13. The minimum atomic E-state index is -0.363. The van der Waals surface area contributed by atoms with Crippen molar-refractivity contribution in [3.63, 3.8) is 0 Å². The van der Waals surface area contributed by atoms with Crippen LogP contribution in [0.4, 0.5) is 45.5 Å². The van der Waals surface area contributed by atoms with Crippen molar-refractivity contribution in [2.45, 2.75) is 233 Å². The van der Waals surface area contributed by atoms with Gasteiger partial charge < -0.3 is 14.6 Å². The molecule has 0 fully saturated rings. The number of benzene rings is 9. The fourth-order valence-corrected chi connectivity index (χ4v) is 18.2. The molecule has 0 spiro atoms. The van der Waals surface area contributed by atoms with Gasteiger partial charge in [-0.3, -0.25) is 0 Å². The summed E-state index contributed by atoms with van der Waals surface area (Å²) in [7, 11) is 0. The molecule has 9 aromatic carbocycles. The highest BCUT2D eigenvalue weighted by Crippen LogP contribution is 2.62. The highest BCUT2D eigenvalue weighted by atomic mass is 15.2. The van der Waals surface area contributed by atoms with Crippen LogP contribution in [-0.4, -0.2) is 6.85 Å². The number of aryl methyl sites for hydroxylation is 1. The van der Waals surface area contributed by atoms with Crippen molar-refractivity contribution < 1.29 is 0 Å². The van der Waals surface area contributed by atoms with E-state index < -0.39 is 0 Å². The minimum Gasteiger partial charge on any atom is -0.376 e. The lowest BCUT2D eigenvalue weighted by Gasteiger charge is -2.49. The Bertz CT molecular complexity index is 4580. The number of nitrogens with zero attached hydrogens (tertiary/aromatic N) is 3. The SMILES string of the molecule is Cc1cc2c(cc1N1c3cc(-c4ccccc4)ccc3B3c4c(cc(N(c5cccc(C(C)(C)C)c5)c5cccc(C(C)(C)C)c5)cc41)-c1c(ccc4c1C(C)(C)c1cc5c(cc1-4)C(C)(C)CCC5(C)C)N3c1ccc3c(c1)C(C)(C)CCC3(C)C)C(C)(C)CCC2(C)C. The number of fused-ring (bicyclic) bond motifs is 11. The normalized spacial score (nSPS) is 19.2. The van der Waals surface area contributed by atoms with E-state index in [-0.39, 0.29) is 55.6 Å². The van der Waals surface area contributed by atoms with Crippen LogP contribution in [0.3, 0.4) is 0 Å². The Morgan fingerprint density at radius 3 is 1.48 bits per heavy atom. The molecule has 0 saturated heterocycles. The van der Waals surface area contributed by atoms with E-state index in [1.807, 2.05) is 0 Å². The lowest BCUT2D eigenvalue weighted by atomic mass is 9.43. The fraction of sp³-hybridized carbons (Fsp3) is 0.400. The molecule has 3 nitrogen and oxygen atoms in total. The second kappa shape index (κ2) is 20.5. The number of hydrogen-bond acceptors (Lipinski definition) is 3. The first-order chi connectivity index (χ1) is 44.0. The molecule has 0 N–H and O–H groups in total. The van der Waals surface area contributed by atoms with Crippen LogP contribution in [0.1, 0.15) is 238 Å². The van der Waals surface area contributed by atoms with Gasteiger partial charge in [-0.15, -0.1) is 0 Å². The Kier molecular flexibility index (Phi) is 13.6. The fourth-order valence-electron chi connectivity index (χ4n) is 18.2. The Morgan fingerprint density at radius 2 is 0.904 bits per heavy atom. The molecular formula is C90H102BN3. The van der Waals surface area contributed by atoms with E-state index in [0.717, 1.165) is 36.3 Å². The van der Waals surface area contributed by atoms with Crippen molar-refractivity contribution in [2.75, 3.05) is 14.6 Å². The van der Waals surface area contributed by atoms with E-state index in [2.05, 4.69) is 324 Å². The van der Waals surface area contributed by atoms with Gasteiger partial charge in [-0.2, -0.15) is 0 Å². The van der Waals surface area contributed by atoms with Gasteiger partial charge in [0, 0.05) is 56.5 Å². The number of rotatable bonds is 6. The quantitative estimate of drug-likeness (QED) is 0.154. The molecule has 0 unspecified atom stereocenters. The standard InChI is InChI=1S/C90H102BN3/c1-55-45-69-73(89(18,19)44-41-85(69,10)11)54-76(55)93-77-46-57(56-27-23-22-24-28-56)33-37-74(77)91-81-66(49-63(51-78(81)93)92(60-31-25-29-58(47-60)82(2,3)4)61-32-26-30-59(48-61)83(5,6)7)79-75(94(91)62-34-36-67-70(50-62)86(12,13)40-39-84(67,8)9)38-35-64-65-52-71-72(53-68(65)90(20,21)80(64)79)88(16,17)43-42-87(71,14)15/h22-38,45-54H,39-44H2,1-21H3. The molecular weight excluding hydrogens is 1130 g/mol. The summed E-state index contributed by atoms with van der Waals surface area (Å²) < 4.78 is 0. The summed E-state index contributed by atoms with van der Waals surface area (Å²) in [6.07, 6.45) is 6.96. The molecule has 15 rings (SSSR count). The topological polar surface area (TPSA) is 9.72 Å². The zero-order valence-corrected chi connectivity index (χ0v) is 60.8. The van der Waals surface area contributed by atoms with Gasteiger partial charge in [-0.05, 0) is 262 Å². The van der Waals surface area contributed by atoms with Gasteiger partial charge in [0.2, 0.25) is 0 Å². The maximum absolute atomic E-state index is 2.84. The molecule has 94 heavy (non-hydrogen) atoms. The maximum Gasteiger partial charge on any atom is 0.333 e. The minimum absolute atomic E-state index is 0.00406. The summed E-state index contributed by atoms with van der Waals surface area (Å²) in [5.41, 5.74) is 35.7. The summed E-state index contributed by atoms with van der Waals surface area (Å²) >= 11 is 0. The maximum atomic E-state index is 2.84. The van der Waals surface area contributed by atoms with Gasteiger partial charge in [-0.1, -0.05) is 229 Å². The monoisotopic (exact) mass is 1240 g/mol. The average molecular weight is 1240 g/mol. The van der Waals surface area contributed by atoms with Crippen LogP contribution in [0, 0.1) is 6.92 Å². The second-order valence-corrected chi connectivity index (χ2v) is 36.3. The van der Waals surface area contributed by atoms with Crippen molar-refractivity contribution in [1.82, 2.24) is 0 Å². The molecule has 4 heteroatoms. The van der Waals surface area contributed by atoms with Gasteiger partial charge in [0.25, 0.3) is 0 Å². The Hall–Kier alpha value is -7.56. The van der Waals surface area contributed by atoms with Crippen molar-refractivity contribution >= 4 is 63.3 Å². The van der Waals surface area contributed by atoms with Gasteiger partial charge in [0.15, 0.2) is 0 Å². The first kappa shape index (κ1) is 62.6. The largest absolute Gasteiger partial charge is 0.376 e. The van der Waals surface area contributed by atoms with Crippen LogP contribution in [0.5, 0.6) is 0 Å². The van der Waals surface area contributed by atoms with E-state index in [9.17, 15) is 0 Å². The number of anilines is 8. The summed E-state index contributed by atoms with van der Waals surface area (Å²) in [4.78, 5) is 8.24. The Morgan fingerprint density at radius 1 is 0.372 bits per heavy atom. The molecule has 0 aromatic heterocycles. The lowest BCUT2D eigenvalue weighted by molar-refractivity contribution is 0.331. The summed E-state index contributed by atoms with van der Waals surface area (Å²) in [5.74, 6) is 0. The number of hydrogen-bond donors (Lipinski definition) is 0. The van der Waals surface area contributed by atoms with Gasteiger partial charge in [-0.25, -0.2) is 0 Å². The highest BCUT2D eigenvalue weighted by Gasteiger charge is 2.52. The third-order valence-corrected chi connectivity index (χ3v) is 24.6. The highest BCUT2D eigenvalue weighted by molar-refractivity contribution is 6.93. The third-order valence-electron chi connectivity index (χ3n) is 24.6. The summed E-state index contributed by atoms with van der Waals surface area (Å²) in [6.45, 7) is 51.4. The van der Waals surface area contributed by atoms with E-state index >= 15 is 0 Å². The third kappa shape index (κ3) is 9.53. The first-order valence-corrected chi connectivity index (χ1v) is 35.6. The molecule has 4 aliphatic carbocycles. The zero-order valence-electron chi connectivity index (χ0n) is 60.8. The van der Waals surface area contributed by atoms with Gasteiger partial charge >= 0.3 is 6.85 Å². The average Bonchev–Trinajstić information content (AvgIpc) is 1.33. The molecule has 0 radical (unpaired) electrons. The van der Waals surface area contributed by atoms with E-state index in [0.29, 0.717) is 0 Å². The molecule has 2 heterocycles. The second-order valence-electron chi connectivity index (χ2n) is 36.3. The predicted octanol–water partition coefficient (Wildman–Crippen LogP) is 23.8. The molecule has 0 atom stereocenters. The lowest BCUT2D eigenvalue weighted by Crippen LogP contribution is -2.62. The van der Waals surface area contributed by atoms with Crippen molar-refractivity contribution in [3.05, 3.63) is 225 Å². The van der Waals surface area contributed by atoms with Crippen molar-refractivity contribution in [3.8, 4) is 33.4 Å². The van der Waals surface area contributed by atoms with Crippen molar-refractivity contribution in [1.29, 1.82) is 0 Å². The van der Waals surface area contributed by atoms with Crippen LogP contribution >= 0.6 is 0 Å². The van der Waals surface area contributed by atoms with Crippen LogP contribution in [0.15, 0.2) is 164 Å². The van der Waals surface area contributed by atoms with Gasteiger partial charge in [0.05, 0.1) is 0 Å². The Labute approximate surface area is 565 Å². The molecule has 0 amide bonds. The summed E-state index contributed by atoms with van der Waals surface area (Å²) in [6, 6.07) is 66.3. The van der Waals surface area contributed by atoms with Crippen molar-refractivity contribution in [2.24, 2.45) is 0 Å². The molecule has 0 bridgehead atoms. The first-order valence-electron chi connectivity index (χ1n) is 35.6. The molecule has 2 aliphatic heterocycles. The van der Waals surface area contributed by atoms with Gasteiger partial charge in [0.1, 0.15) is 0 Å². The molecule has 9 aromatic rings. The van der Waals surface area contributed by atoms with Crippen LogP contribution in [-0.2, 0) is 48.7 Å². The van der Waals surface area contributed by atoms with Crippen LogP contribution in [0.2, 0.25) is 0 Å².